The van der Waals surface area contributed by atoms with Crippen LogP contribution in [0.2, 0.25) is 0 Å². The third-order valence-electron chi connectivity index (χ3n) is 3.18. The lowest BCUT2D eigenvalue weighted by atomic mass is 9.82. The molecular weight excluding hydrogens is 219 g/mol. The zero-order chi connectivity index (χ0) is 12.3. The van der Waals surface area contributed by atoms with E-state index in [-0.39, 0.29) is 18.5 Å². The molecule has 1 aliphatic carbocycles. The minimum absolute atomic E-state index is 0.207. The van der Waals surface area contributed by atoms with Crippen molar-refractivity contribution in [3.05, 3.63) is 35.1 Å². The van der Waals surface area contributed by atoms with Crippen LogP contribution in [0, 0.1) is 23.1 Å². The third-order valence-corrected chi connectivity index (χ3v) is 3.18. The molecule has 2 rings (SSSR count). The van der Waals surface area contributed by atoms with Crippen LogP contribution in [-0.4, -0.2) is 12.6 Å². The Morgan fingerprint density at radius 1 is 1.47 bits per heavy atom. The maximum Gasteiger partial charge on any atom is 0.130 e. The van der Waals surface area contributed by atoms with Crippen LogP contribution >= 0.6 is 0 Å². The quantitative estimate of drug-likeness (QED) is 0.866. The summed E-state index contributed by atoms with van der Waals surface area (Å²) in [7, 11) is 0. The van der Waals surface area contributed by atoms with Crippen LogP contribution in [0.1, 0.15) is 24.0 Å². The van der Waals surface area contributed by atoms with Gasteiger partial charge in [0.1, 0.15) is 5.82 Å². The summed E-state index contributed by atoms with van der Waals surface area (Å²) in [4.78, 5) is 0. The minimum atomic E-state index is -0.376. The Morgan fingerprint density at radius 2 is 2.24 bits per heavy atom. The highest BCUT2D eigenvalue weighted by molar-refractivity contribution is 5.32. The minimum Gasteiger partial charge on any atom is -0.373 e. The van der Waals surface area contributed by atoms with Crippen LogP contribution in [0.25, 0.3) is 0 Å². The number of hydrogen-bond donors (Lipinski definition) is 1. The van der Waals surface area contributed by atoms with Gasteiger partial charge in [-0.3, -0.25) is 0 Å². The second-order valence-corrected chi connectivity index (χ2v) is 4.42. The van der Waals surface area contributed by atoms with Crippen LogP contribution in [0.3, 0.4) is 0 Å². The van der Waals surface area contributed by atoms with Crippen LogP contribution in [0.4, 0.5) is 4.39 Å². The van der Waals surface area contributed by atoms with E-state index in [1.54, 1.807) is 12.1 Å². The topological polar surface area (TPSA) is 59.0 Å². The summed E-state index contributed by atoms with van der Waals surface area (Å²) in [5.41, 5.74) is 6.34. The highest BCUT2D eigenvalue weighted by Gasteiger charge is 2.28. The van der Waals surface area contributed by atoms with Gasteiger partial charge in [-0.25, -0.2) is 4.39 Å². The van der Waals surface area contributed by atoms with Gasteiger partial charge in [0.05, 0.1) is 24.3 Å². The zero-order valence-corrected chi connectivity index (χ0v) is 9.53. The standard InChI is InChI=1S/C13H15FN2O/c14-13-5-9(6-15)1-2-11(13)8-17-12-3-10(4-12)7-16/h1-2,5,10,12H,3-4,7-8,16H2. The number of ether oxygens (including phenoxy) is 1. The lowest BCUT2D eigenvalue weighted by molar-refractivity contribution is -0.0384. The van der Waals surface area contributed by atoms with Crippen LogP contribution in [0.15, 0.2) is 18.2 Å². The summed E-state index contributed by atoms with van der Waals surface area (Å²) >= 11 is 0. The molecule has 1 aliphatic rings. The molecule has 0 saturated heterocycles. The molecule has 0 aromatic heterocycles. The van der Waals surface area contributed by atoms with E-state index in [9.17, 15) is 4.39 Å². The number of benzene rings is 1. The molecule has 0 aliphatic heterocycles. The number of halogens is 1. The van der Waals surface area contributed by atoms with E-state index in [2.05, 4.69) is 0 Å². The SMILES string of the molecule is N#Cc1ccc(COC2CC(CN)C2)c(F)c1. The molecule has 0 heterocycles. The predicted octanol–water partition coefficient (Wildman–Crippen LogP) is 1.95. The summed E-state index contributed by atoms with van der Waals surface area (Å²) < 4.78 is 19.1. The summed E-state index contributed by atoms with van der Waals surface area (Å²) in [5, 5.41) is 8.61. The number of rotatable bonds is 4. The van der Waals surface area contributed by atoms with Gasteiger partial charge in [0, 0.05) is 5.56 Å². The molecule has 0 unspecified atom stereocenters. The molecule has 4 heteroatoms. The molecule has 17 heavy (non-hydrogen) atoms. The molecule has 0 radical (unpaired) electrons. The van der Waals surface area contributed by atoms with E-state index in [0.29, 0.717) is 23.6 Å². The maximum absolute atomic E-state index is 13.5. The molecule has 0 spiro atoms. The second kappa shape index (κ2) is 5.26. The van der Waals surface area contributed by atoms with Crippen molar-refractivity contribution in [3.8, 4) is 6.07 Å². The Morgan fingerprint density at radius 3 is 2.82 bits per heavy atom. The maximum atomic E-state index is 13.5. The Labute approximate surface area is 100.0 Å². The molecule has 1 fully saturated rings. The van der Waals surface area contributed by atoms with Crippen molar-refractivity contribution in [2.75, 3.05) is 6.54 Å². The summed E-state index contributed by atoms with van der Waals surface area (Å²) in [5.74, 6) is 0.185. The summed E-state index contributed by atoms with van der Waals surface area (Å²) in [6.45, 7) is 0.963. The van der Waals surface area contributed by atoms with E-state index in [1.807, 2.05) is 6.07 Å². The van der Waals surface area contributed by atoms with E-state index >= 15 is 0 Å². The summed E-state index contributed by atoms with van der Waals surface area (Å²) in [6.07, 6.45) is 2.14. The fourth-order valence-electron chi connectivity index (χ4n) is 1.94. The van der Waals surface area contributed by atoms with E-state index in [4.69, 9.17) is 15.7 Å². The number of nitriles is 1. The average molecular weight is 234 g/mol. The Balaban J connectivity index is 1.86. The van der Waals surface area contributed by atoms with Crippen LogP contribution in [0.5, 0.6) is 0 Å². The lowest BCUT2D eigenvalue weighted by Gasteiger charge is -2.34. The molecule has 0 amide bonds. The Bertz CT molecular complexity index is 436. The van der Waals surface area contributed by atoms with Gasteiger partial charge in [0.2, 0.25) is 0 Å². The van der Waals surface area contributed by atoms with Gasteiger partial charge in [-0.2, -0.15) is 5.26 Å². The Hall–Kier alpha value is -1.44. The first-order valence-electron chi connectivity index (χ1n) is 5.73. The van der Waals surface area contributed by atoms with Crippen molar-refractivity contribution in [1.29, 1.82) is 5.26 Å². The van der Waals surface area contributed by atoms with Crippen molar-refractivity contribution < 1.29 is 9.13 Å². The van der Waals surface area contributed by atoms with Gasteiger partial charge in [-0.05, 0) is 37.4 Å². The van der Waals surface area contributed by atoms with Crippen molar-refractivity contribution in [2.24, 2.45) is 11.7 Å². The molecule has 1 saturated carbocycles. The van der Waals surface area contributed by atoms with Gasteiger partial charge >= 0.3 is 0 Å². The highest BCUT2D eigenvalue weighted by Crippen LogP contribution is 2.29. The van der Waals surface area contributed by atoms with Gasteiger partial charge in [-0.15, -0.1) is 0 Å². The number of hydrogen-bond acceptors (Lipinski definition) is 3. The fraction of sp³-hybridized carbons (Fsp3) is 0.462. The molecule has 2 N–H and O–H groups in total. The molecule has 1 aromatic carbocycles. The van der Waals surface area contributed by atoms with Crippen LogP contribution < -0.4 is 5.73 Å². The third kappa shape index (κ3) is 2.82. The Kier molecular flexibility index (Phi) is 3.72. The molecule has 1 aromatic rings. The average Bonchev–Trinajstić information content (AvgIpc) is 2.29. The first kappa shape index (κ1) is 12.0. The van der Waals surface area contributed by atoms with Gasteiger partial charge < -0.3 is 10.5 Å². The van der Waals surface area contributed by atoms with Crippen molar-refractivity contribution in [3.63, 3.8) is 0 Å². The first-order chi connectivity index (χ1) is 8.22. The largest absolute Gasteiger partial charge is 0.373 e. The predicted molar refractivity (Wildman–Crippen MR) is 61.5 cm³/mol. The number of nitrogens with two attached hydrogens (primary N) is 1. The molecule has 3 nitrogen and oxygen atoms in total. The highest BCUT2D eigenvalue weighted by atomic mass is 19.1. The van der Waals surface area contributed by atoms with Crippen LogP contribution in [-0.2, 0) is 11.3 Å². The molecule has 0 atom stereocenters. The molecule has 0 bridgehead atoms. The fourth-order valence-corrected chi connectivity index (χ4v) is 1.94. The monoisotopic (exact) mass is 234 g/mol. The first-order valence-corrected chi connectivity index (χ1v) is 5.73. The normalized spacial score (nSPS) is 22.9. The van der Waals surface area contributed by atoms with Gasteiger partial charge in [0.15, 0.2) is 0 Å². The van der Waals surface area contributed by atoms with Gasteiger partial charge in [0.25, 0.3) is 0 Å². The van der Waals surface area contributed by atoms with E-state index < -0.39 is 0 Å². The van der Waals surface area contributed by atoms with Crippen molar-refractivity contribution in [1.82, 2.24) is 0 Å². The van der Waals surface area contributed by atoms with Crippen molar-refractivity contribution >= 4 is 0 Å². The zero-order valence-electron chi connectivity index (χ0n) is 9.53. The summed E-state index contributed by atoms with van der Waals surface area (Å²) in [6, 6.07) is 6.35. The molecular formula is C13H15FN2O. The second-order valence-electron chi connectivity index (χ2n) is 4.42. The molecule has 90 valence electrons. The van der Waals surface area contributed by atoms with Gasteiger partial charge in [-0.1, -0.05) is 6.07 Å². The lowest BCUT2D eigenvalue weighted by Crippen LogP contribution is -2.35. The number of nitrogens with zero attached hydrogens (tertiary/aromatic N) is 1. The smallest absolute Gasteiger partial charge is 0.130 e. The van der Waals surface area contributed by atoms with Crippen molar-refractivity contribution in [2.45, 2.75) is 25.6 Å². The van der Waals surface area contributed by atoms with E-state index in [1.165, 1.54) is 6.07 Å². The van der Waals surface area contributed by atoms with E-state index in [0.717, 1.165) is 12.8 Å².